The van der Waals surface area contributed by atoms with Gasteiger partial charge >= 0.3 is 7.32 Å². The molecule has 12 heavy (non-hydrogen) atoms. The molecule has 74 valence electrons. The molecular formula is C4H14BNO6. The minimum Gasteiger partial charge on any atom is -0.402 e. The fraction of sp³-hybridized carbons (Fsp3) is 1.00. The van der Waals surface area contributed by atoms with E-state index in [2.05, 4.69) is 4.65 Å². The number of aliphatic hydroxyl groups is 3. The lowest BCUT2D eigenvalue weighted by atomic mass is 10.3. The maximum absolute atomic E-state index is 8.24. The van der Waals surface area contributed by atoms with Crippen LogP contribution in [0.3, 0.4) is 0 Å². The average molecular weight is 183 g/mol. The molecule has 0 aromatic carbocycles. The predicted octanol–water partition coefficient (Wildman–Crippen LogP) is -3.78. The van der Waals surface area contributed by atoms with Gasteiger partial charge in [0.1, 0.15) is 0 Å². The monoisotopic (exact) mass is 183 g/mol. The molecule has 0 aliphatic rings. The summed E-state index contributed by atoms with van der Waals surface area (Å²) in [5, 5.41) is 39.8. The van der Waals surface area contributed by atoms with Crippen molar-refractivity contribution in [3.63, 3.8) is 0 Å². The van der Waals surface area contributed by atoms with E-state index >= 15 is 0 Å². The molecule has 0 spiro atoms. The van der Waals surface area contributed by atoms with Gasteiger partial charge in [0.05, 0.1) is 13.2 Å². The third-order valence-electron chi connectivity index (χ3n) is 0.564. The van der Waals surface area contributed by atoms with Crippen molar-refractivity contribution in [3.05, 3.63) is 0 Å². The summed E-state index contributed by atoms with van der Waals surface area (Å²) in [4.78, 5) is 0. The largest absolute Gasteiger partial charge is 0.635 e. The Morgan fingerprint density at radius 3 is 1.83 bits per heavy atom. The summed E-state index contributed by atoms with van der Waals surface area (Å²) in [7, 11) is -2.03. The molecule has 0 radical (unpaired) electrons. The van der Waals surface area contributed by atoms with Gasteiger partial charge in [0, 0.05) is 6.54 Å². The summed E-state index contributed by atoms with van der Waals surface area (Å²) >= 11 is 0. The summed E-state index contributed by atoms with van der Waals surface area (Å²) in [6.07, 6.45) is -1.52. The van der Waals surface area contributed by atoms with E-state index in [1.807, 2.05) is 0 Å². The van der Waals surface area contributed by atoms with Crippen LogP contribution >= 0.6 is 0 Å². The Labute approximate surface area is 70.2 Å². The lowest BCUT2D eigenvalue weighted by Crippen LogP contribution is -2.27. The first-order valence-corrected chi connectivity index (χ1v) is 3.19. The van der Waals surface area contributed by atoms with Gasteiger partial charge in [0.2, 0.25) is 0 Å². The first-order valence-electron chi connectivity index (χ1n) is 3.19. The maximum atomic E-state index is 8.24. The lowest BCUT2D eigenvalue weighted by Gasteiger charge is -2.05. The van der Waals surface area contributed by atoms with Crippen LogP contribution in [0.1, 0.15) is 0 Å². The van der Waals surface area contributed by atoms with E-state index in [0.717, 1.165) is 0 Å². The second-order valence-electron chi connectivity index (χ2n) is 1.61. The normalized spacial score (nSPS) is 11.5. The Bertz CT molecular complexity index is 81.9. The molecule has 0 amide bonds. The Morgan fingerprint density at radius 1 is 1.33 bits per heavy atom. The van der Waals surface area contributed by atoms with Crippen LogP contribution in [0, 0.1) is 0 Å². The number of hydrogen-bond donors (Lipinski definition) is 6. The van der Waals surface area contributed by atoms with Crippen molar-refractivity contribution in [2.75, 3.05) is 19.8 Å². The Balaban J connectivity index is 0. The molecule has 7 N–H and O–H groups in total. The van der Waals surface area contributed by atoms with Gasteiger partial charge in [0.25, 0.3) is 0 Å². The van der Waals surface area contributed by atoms with Gasteiger partial charge < -0.3 is 35.8 Å². The van der Waals surface area contributed by atoms with Gasteiger partial charge in [-0.15, -0.1) is 0 Å². The topological polar surface area (TPSA) is 136 Å². The number of hydrogen-bond acceptors (Lipinski definition) is 7. The zero-order valence-corrected chi connectivity index (χ0v) is 6.50. The van der Waals surface area contributed by atoms with E-state index in [0.29, 0.717) is 6.54 Å². The molecule has 0 aliphatic carbocycles. The minimum absolute atomic E-state index is 0.0972. The van der Waals surface area contributed by atoms with Crippen LogP contribution in [-0.2, 0) is 4.65 Å². The van der Waals surface area contributed by atoms with Crippen molar-refractivity contribution >= 4 is 7.32 Å². The third kappa shape index (κ3) is 16.4. The van der Waals surface area contributed by atoms with E-state index in [1.54, 1.807) is 0 Å². The molecule has 0 saturated heterocycles. The highest BCUT2D eigenvalue weighted by atomic mass is 16.7. The molecular weight excluding hydrogens is 169 g/mol. The van der Waals surface area contributed by atoms with Crippen LogP contribution in [0.4, 0.5) is 0 Å². The Kier molecular flexibility index (Phi) is 12.9. The summed E-state index contributed by atoms with van der Waals surface area (Å²) in [5.74, 6) is 0. The molecule has 0 fully saturated rings. The van der Waals surface area contributed by atoms with E-state index in [9.17, 15) is 0 Å². The summed E-state index contributed by atoms with van der Waals surface area (Å²) in [6, 6.07) is 0. The SMILES string of the molecule is NCCO.OCC(O)OB(O)O. The van der Waals surface area contributed by atoms with Crippen molar-refractivity contribution < 1.29 is 30.0 Å². The molecule has 1 atom stereocenters. The highest BCUT2D eigenvalue weighted by Crippen LogP contribution is 1.83. The molecule has 0 aromatic heterocycles. The second kappa shape index (κ2) is 10.8. The zero-order valence-electron chi connectivity index (χ0n) is 6.50. The highest BCUT2D eigenvalue weighted by Gasteiger charge is 2.13. The first kappa shape index (κ1) is 14.3. The summed E-state index contributed by atoms with van der Waals surface area (Å²) in [6.45, 7) is -0.183. The lowest BCUT2D eigenvalue weighted by molar-refractivity contribution is -0.0788. The van der Waals surface area contributed by atoms with E-state index < -0.39 is 20.2 Å². The molecule has 8 heteroatoms. The van der Waals surface area contributed by atoms with Gasteiger partial charge in [-0.25, -0.2) is 0 Å². The fourth-order valence-corrected chi connectivity index (χ4v) is 0.184. The van der Waals surface area contributed by atoms with Crippen LogP contribution in [0.15, 0.2) is 0 Å². The molecule has 0 saturated carbocycles. The van der Waals surface area contributed by atoms with E-state index in [-0.39, 0.29) is 6.61 Å². The summed E-state index contributed by atoms with van der Waals surface area (Å²) in [5.41, 5.74) is 4.78. The summed E-state index contributed by atoms with van der Waals surface area (Å²) < 4.78 is 3.82. The second-order valence-corrected chi connectivity index (χ2v) is 1.61. The number of nitrogens with two attached hydrogens (primary N) is 1. The van der Waals surface area contributed by atoms with Crippen molar-refractivity contribution in [2.45, 2.75) is 6.29 Å². The van der Waals surface area contributed by atoms with Crippen LogP contribution < -0.4 is 5.73 Å². The van der Waals surface area contributed by atoms with Crippen molar-refractivity contribution in [1.29, 1.82) is 0 Å². The minimum atomic E-state index is -2.03. The number of aliphatic hydroxyl groups excluding tert-OH is 3. The van der Waals surface area contributed by atoms with Crippen molar-refractivity contribution in [2.24, 2.45) is 5.73 Å². The smallest absolute Gasteiger partial charge is 0.402 e. The van der Waals surface area contributed by atoms with Crippen LogP contribution in [0.2, 0.25) is 0 Å². The Morgan fingerprint density at radius 2 is 1.75 bits per heavy atom. The molecule has 0 aromatic rings. The number of rotatable bonds is 4. The molecule has 1 unspecified atom stereocenters. The van der Waals surface area contributed by atoms with Crippen molar-refractivity contribution in [3.8, 4) is 0 Å². The third-order valence-corrected chi connectivity index (χ3v) is 0.564. The quantitative estimate of drug-likeness (QED) is 0.194. The fourth-order valence-electron chi connectivity index (χ4n) is 0.184. The molecule has 0 heterocycles. The first-order chi connectivity index (χ1) is 5.58. The van der Waals surface area contributed by atoms with Gasteiger partial charge in [-0.2, -0.15) is 0 Å². The van der Waals surface area contributed by atoms with Crippen LogP contribution in [0.25, 0.3) is 0 Å². The van der Waals surface area contributed by atoms with Gasteiger partial charge in [0.15, 0.2) is 6.29 Å². The molecule has 0 rings (SSSR count). The molecule has 0 aliphatic heterocycles. The molecule has 7 nitrogen and oxygen atoms in total. The van der Waals surface area contributed by atoms with E-state index in [1.165, 1.54) is 0 Å². The molecule has 0 bridgehead atoms. The zero-order chi connectivity index (χ0) is 9.98. The van der Waals surface area contributed by atoms with Crippen LogP contribution in [0.5, 0.6) is 0 Å². The highest BCUT2D eigenvalue weighted by molar-refractivity contribution is 6.32. The van der Waals surface area contributed by atoms with Gasteiger partial charge in [-0.3, -0.25) is 0 Å². The van der Waals surface area contributed by atoms with E-state index in [4.69, 9.17) is 31.1 Å². The average Bonchev–Trinajstić information content (AvgIpc) is 2.04. The van der Waals surface area contributed by atoms with Gasteiger partial charge in [-0.1, -0.05) is 0 Å². The standard InChI is InChI=1S/C2H7BO5.C2H7NO/c4-1-2(5)8-3(6)7;3-1-2-4/h2,4-7H,1H2;4H,1-3H2. The van der Waals surface area contributed by atoms with Crippen LogP contribution in [-0.4, -0.2) is 58.7 Å². The maximum Gasteiger partial charge on any atom is 0.635 e. The van der Waals surface area contributed by atoms with Crippen molar-refractivity contribution in [1.82, 2.24) is 0 Å². The predicted molar refractivity (Wildman–Crippen MR) is 40.5 cm³/mol. The Hall–Kier alpha value is -0.215. The van der Waals surface area contributed by atoms with Gasteiger partial charge in [-0.05, 0) is 0 Å².